The van der Waals surface area contributed by atoms with Crippen molar-refractivity contribution >= 4 is 38.0 Å². The summed E-state index contributed by atoms with van der Waals surface area (Å²) in [5, 5.41) is 10.3. The molecule has 0 radical (unpaired) electrons. The summed E-state index contributed by atoms with van der Waals surface area (Å²) in [5.74, 6) is -2.10. The third kappa shape index (κ3) is 4.74. The number of amides is 2. The molecule has 2 aromatic rings. The molecule has 0 aliphatic carbocycles. The Kier molecular flexibility index (Phi) is 5.80. The number of carbonyl (C=O) groups excluding carboxylic acids is 2. The molecule has 158 valence electrons. The molecule has 0 unspecified atom stereocenters. The molecule has 2 amide bonds. The van der Waals surface area contributed by atoms with Gasteiger partial charge in [-0.3, -0.25) is 9.59 Å². The molecule has 0 bridgehead atoms. The molecule has 2 rings (SSSR count). The number of sulfone groups is 1. The topological polar surface area (TPSA) is 139 Å². The largest absolute Gasteiger partial charge is 0.419 e. The average molecular weight is 451 g/mol. The second-order valence-corrected chi connectivity index (χ2v) is 9.64. The van der Waals surface area contributed by atoms with E-state index in [4.69, 9.17) is 5.73 Å². The van der Waals surface area contributed by atoms with Gasteiger partial charge in [-0.15, -0.1) is 11.3 Å². The van der Waals surface area contributed by atoms with E-state index >= 15 is 0 Å². The first-order chi connectivity index (χ1) is 13.0. The molecule has 13 heteroatoms. The molecule has 2 aromatic heterocycles. The van der Waals surface area contributed by atoms with Crippen LogP contribution in [0.1, 0.15) is 35.5 Å². The van der Waals surface area contributed by atoms with Crippen LogP contribution in [0.4, 0.5) is 18.2 Å². The van der Waals surface area contributed by atoms with Crippen molar-refractivity contribution in [3.05, 3.63) is 35.0 Å². The zero-order valence-electron chi connectivity index (χ0n) is 15.3. The van der Waals surface area contributed by atoms with Crippen molar-refractivity contribution in [3.63, 3.8) is 0 Å². The molecular weight excluding hydrogens is 435 g/mol. The van der Waals surface area contributed by atoms with Crippen LogP contribution < -0.4 is 11.1 Å². The first-order valence-corrected chi connectivity index (χ1v) is 10.1. The standard InChI is InChI=1S/C16H16F3N3O5S2/c1-7-4-5-9(16(17,18)19)13(21-7)29(26,27)10-6-8(11(20)23)12(28-10)22-14(24)15(2,3)25/h4-6,25H,1-3H3,(H2,20,23)(H,22,24). The molecule has 0 saturated carbocycles. The number of carbonyl (C=O) groups is 2. The first-order valence-electron chi connectivity index (χ1n) is 7.82. The maximum absolute atomic E-state index is 13.3. The van der Waals surface area contributed by atoms with E-state index in [1.165, 1.54) is 6.92 Å². The number of hydrogen-bond acceptors (Lipinski definition) is 7. The van der Waals surface area contributed by atoms with E-state index in [0.29, 0.717) is 17.4 Å². The number of pyridine rings is 1. The van der Waals surface area contributed by atoms with Crippen molar-refractivity contribution in [2.45, 2.75) is 41.8 Å². The summed E-state index contributed by atoms with van der Waals surface area (Å²) in [5.41, 5.74) is 1.42. The van der Waals surface area contributed by atoms with Crippen LogP contribution in [0.3, 0.4) is 0 Å². The summed E-state index contributed by atoms with van der Waals surface area (Å²) < 4.78 is 64.9. The van der Waals surface area contributed by atoms with Crippen LogP contribution in [0, 0.1) is 6.92 Å². The molecule has 8 nitrogen and oxygen atoms in total. The summed E-state index contributed by atoms with van der Waals surface area (Å²) in [6.07, 6.45) is -5.00. The number of primary amides is 1. The van der Waals surface area contributed by atoms with E-state index < -0.39 is 53.8 Å². The third-order valence-electron chi connectivity index (χ3n) is 3.58. The zero-order valence-corrected chi connectivity index (χ0v) is 16.9. The summed E-state index contributed by atoms with van der Waals surface area (Å²) in [6, 6.07) is 2.36. The molecular formula is C16H16F3N3O5S2. The van der Waals surface area contributed by atoms with E-state index in [0.717, 1.165) is 26.0 Å². The van der Waals surface area contributed by atoms with E-state index in [9.17, 15) is 36.3 Å². The molecule has 0 atom stereocenters. The number of alkyl halides is 3. The average Bonchev–Trinajstić information content (AvgIpc) is 2.97. The van der Waals surface area contributed by atoms with Gasteiger partial charge in [0.1, 0.15) is 14.8 Å². The van der Waals surface area contributed by atoms with Crippen molar-refractivity contribution in [1.82, 2.24) is 4.98 Å². The Hall–Kier alpha value is -2.51. The number of aliphatic hydroxyl groups is 1. The summed E-state index contributed by atoms with van der Waals surface area (Å²) in [7, 11) is -4.82. The third-order valence-corrected chi connectivity index (χ3v) is 6.80. The molecule has 0 aromatic carbocycles. The molecule has 0 aliphatic heterocycles. The van der Waals surface area contributed by atoms with Gasteiger partial charge in [0.05, 0.1) is 11.1 Å². The van der Waals surface area contributed by atoms with Crippen LogP contribution in [-0.4, -0.2) is 35.9 Å². The highest BCUT2D eigenvalue weighted by Gasteiger charge is 2.40. The quantitative estimate of drug-likeness (QED) is 0.636. The van der Waals surface area contributed by atoms with Gasteiger partial charge in [0.2, 0.25) is 9.84 Å². The Bertz CT molecular complexity index is 1090. The number of hydrogen-bond donors (Lipinski definition) is 3. The lowest BCUT2D eigenvalue weighted by Crippen LogP contribution is -2.36. The van der Waals surface area contributed by atoms with Gasteiger partial charge in [-0.05, 0) is 39.0 Å². The Morgan fingerprint density at radius 1 is 1.24 bits per heavy atom. The molecule has 29 heavy (non-hydrogen) atoms. The van der Waals surface area contributed by atoms with Crippen LogP contribution in [0.5, 0.6) is 0 Å². The van der Waals surface area contributed by atoms with Crippen molar-refractivity contribution in [3.8, 4) is 0 Å². The minimum absolute atomic E-state index is 0.0267. The minimum atomic E-state index is -5.00. The van der Waals surface area contributed by atoms with Gasteiger partial charge in [-0.25, -0.2) is 13.4 Å². The zero-order chi connectivity index (χ0) is 22.4. The van der Waals surface area contributed by atoms with Crippen LogP contribution in [0.2, 0.25) is 0 Å². The van der Waals surface area contributed by atoms with Gasteiger partial charge >= 0.3 is 6.18 Å². The van der Waals surface area contributed by atoms with Gasteiger partial charge in [0.15, 0.2) is 5.03 Å². The fraction of sp³-hybridized carbons (Fsp3) is 0.312. The number of anilines is 1. The molecule has 2 heterocycles. The van der Waals surface area contributed by atoms with E-state index in [-0.39, 0.29) is 10.7 Å². The summed E-state index contributed by atoms with van der Waals surface area (Å²) in [6.45, 7) is 3.60. The van der Waals surface area contributed by atoms with Crippen LogP contribution in [0.15, 0.2) is 27.4 Å². The number of rotatable bonds is 5. The smallest absolute Gasteiger partial charge is 0.381 e. The van der Waals surface area contributed by atoms with E-state index in [1.807, 2.05) is 0 Å². The Morgan fingerprint density at radius 3 is 2.31 bits per heavy atom. The lowest BCUT2D eigenvalue weighted by atomic mass is 10.1. The van der Waals surface area contributed by atoms with E-state index in [2.05, 4.69) is 10.3 Å². The number of nitrogens with zero attached hydrogens (tertiary/aromatic N) is 1. The van der Waals surface area contributed by atoms with Gasteiger partial charge in [0, 0.05) is 5.69 Å². The molecule has 0 fully saturated rings. The number of aryl methyl sites for hydroxylation is 1. The maximum atomic E-state index is 13.3. The van der Waals surface area contributed by atoms with Gasteiger partial charge in [-0.1, -0.05) is 0 Å². The van der Waals surface area contributed by atoms with Gasteiger partial charge < -0.3 is 16.2 Å². The van der Waals surface area contributed by atoms with Crippen LogP contribution in [-0.2, 0) is 20.8 Å². The number of halogens is 3. The highest BCUT2D eigenvalue weighted by atomic mass is 32.2. The molecule has 4 N–H and O–H groups in total. The molecule has 0 spiro atoms. The lowest BCUT2D eigenvalue weighted by molar-refractivity contribution is -0.140. The SMILES string of the molecule is Cc1ccc(C(F)(F)F)c(S(=O)(=O)c2cc(C(N)=O)c(NC(=O)C(C)(C)O)s2)n1. The van der Waals surface area contributed by atoms with E-state index in [1.54, 1.807) is 0 Å². The number of thiophene rings is 1. The highest BCUT2D eigenvalue weighted by Crippen LogP contribution is 2.39. The predicted octanol–water partition coefficient (Wildman–Crippen LogP) is 2.11. The fourth-order valence-corrected chi connectivity index (χ4v) is 5.00. The molecule has 0 aliphatic rings. The Balaban J connectivity index is 2.67. The van der Waals surface area contributed by atoms with Gasteiger partial charge in [-0.2, -0.15) is 13.2 Å². The van der Waals surface area contributed by atoms with Crippen molar-refractivity contribution < 1.29 is 36.3 Å². The second-order valence-electron chi connectivity index (χ2n) is 6.49. The maximum Gasteiger partial charge on any atom is 0.419 e. The monoisotopic (exact) mass is 451 g/mol. The predicted molar refractivity (Wildman–Crippen MR) is 97.2 cm³/mol. The summed E-state index contributed by atoms with van der Waals surface area (Å²) in [4.78, 5) is 27.1. The van der Waals surface area contributed by atoms with Crippen molar-refractivity contribution in [2.75, 3.05) is 5.32 Å². The highest BCUT2D eigenvalue weighted by molar-refractivity contribution is 7.93. The van der Waals surface area contributed by atoms with Crippen molar-refractivity contribution in [1.29, 1.82) is 0 Å². The first kappa shape index (κ1) is 22.8. The fourth-order valence-electron chi connectivity index (χ4n) is 2.08. The normalized spacial score (nSPS) is 12.7. The Morgan fingerprint density at radius 2 is 1.83 bits per heavy atom. The minimum Gasteiger partial charge on any atom is -0.381 e. The summed E-state index contributed by atoms with van der Waals surface area (Å²) >= 11 is 0.320. The van der Waals surface area contributed by atoms with Crippen LogP contribution in [0.25, 0.3) is 0 Å². The molecule has 0 saturated heterocycles. The lowest BCUT2D eigenvalue weighted by Gasteiger charge is -2.16. The Labute approximate surface area is 167 Å². The number of nitrogens with two attached hydrogens (primary N) is 1. The number of aromatic nitrogens is 1. The van der Waals surface area contributed by atoms with Gasteiger partial charge in [0.25, 0.3) is 11.8 Å². The van der Waals surface area contributed by atoms with Crippen LogP contribution >= 0.6 is 11.3 Å². The van der Waals surface area contributed by atoms with Crippen molar-refractivity contribution in [2.24, 2.45) is 5.73 Å². The second kappa shape index (κ2) is 7.39. The number of nitrogens with one attached hydrogen (secondary N) is 1.